The highest BCUT2D eigenvalue weighted by Crippen LogP contribution is 2.42. The summed E-state index contributed by atoms with van der Waals surface area (Å²) in [6.45, 7) is 1.86. The molecule has 1 aromatic carbocycles. The molecule has 0 radical (unpaired) electrons. The van der Waals surface area contributed by atoms with Gasteiger partial charge in [0.25, 0.3) is 5.56 Å². The average molecular weight is 353 g/mol. The molecule has 3 aromatic rings. The standard InChI is InChI=1S/C17H15N5O4/c1-7-10-11(8-3-5-9(6-4-8)16(24)26-2)12-13(18-14(10)22-21-7)19-17(25)20-15(12)23/h3-6,11H,1-2H3,(H4,18,19,20,21,22,23,25). The molecule has 2 aromatic heterocycles. The Labute approximate surface area is 146 Å². The third-order valence-corrected chi connectivity index (χ3v) is 4.46. The van der Waals surface area contributed by atoms with Crippen LogP contribution in [0.3, 0.4) is 0 Å². The molecule has 9 heteroatoms. The van der Waals surface area contributed by atoms with Gasteiger partial charge in [-0.2, -0.15) is 5.10 Å². The predicted octanol–water partition coefficient (Wildman–Crippen LogP) is 1.12. The molecule has 0 fully saturated rings. The van der Waals surface area contributed by atoms with Crippen LogP contribution in [0.15, 0.2) is 33.9 Å². The number of carbonyl (C=O) groups excluding carboxylic acids is 1. The van der Waals surface area contributed by atoms with E-state index in [1.165, 1.54) is 7.11 Å². The molecular weight excluding hydrogens is 338 g/mol. The van der Waals surface area contributed by atoms with Crippen LogP contribution in [0.1, 0.15) is 38.7 Å². The monoisotopic (exact) mass is 353 g/mol. The molecule has 1 atom stereocenters. The van der Waals surface area contributed by atoms with Crippen LogP contribution < -0.4 is 16.6 Å². The van der Waals surface area contributed by atoms with Crippen molar-refractivity contribution in [3.8, 4) is 0 Å². The molecule has 4 rings (SSSR count). The zero-order valence-corrected chi connectivity index (χ0v) is 14.0. The van der Waals surface area contributed by atoms with Crippen LogP contribution in [0.5, 0.6) is 0 Å². The summed E-state index contributed by atoms with van der Waals surface area (Å²) < 4.78 is 4.71. The minimum atomic E-state index is -0.600. The first-order valence-corrected chi connectivity index (χ1v) is 7.86. The Kier molecular flexibility index (Phi) is 3.50. The van der Waals surface area contributed by atoms with E-state index in [1.54, 1.807) is 24.3 Å². The fourth-order valence-electron chi connectivity index (χ4n) is 3.28. The van der Waals surface area contributed by atoms with Crippen LogP contribution in [0.4, 0.5) is 11.6 Å². The second-order valence-electron chi connectivity index (χ2n) is 5.98. The minimum absolute atomic E-state index is 0.305. The number of benzene rings is 1. The van der Waals surface area contributed by atoms with Gasteiger partial charge in [0.15, 0.2) is 5.82 Å². The molecule has 0 aliphatic carbocycles. The summed E-state index contributed by atoms with van der Waals surface area (Å²) in [5.41, 5.74) is 2.09. The van der Waals surface area contributed by atoms with E-state index < -0.39 is 23.1 Å². The van der Waals surface area contributed by atoms with E-state index in [0.29, 0.717) is 22.8 Å². The van der Waals surface area contributed by atoms with Crippen molar-refractivity contribution in [3.05, 3.63) is 73.1 Å². The molecule has 1 aliphatic heterocycles. The molecule has 132 valence electrons. The van der Waals surface area contributed by atoms with Crippen LogP contribution in [0.25, 0.3) is 0 Å². The average Bonchev–Trinajstić information content (AvgIpc) is 3.00. The quantitative estimate of drug-likeness (QED) is 0.399. The lowest BCUT2D eigenvalue weighted by molar-refractivity contribution is 0.0600. The molecule has 26 heavy (non-hydrogen) atoms. The number of aryl methyl sites for hydroxylation is 1. The molecule has 0 spiro atoms. The lowest BCUT2D eigenvalue weighted by atomic mass is 9.83. The molecule has 0 amide bonds. The SMILES string of the molecule is COC(=O)c1ccc(C2c3c(n[nH]c3C)Nc3[nH]c(=O)[nH]c(=O)c32)cc1. The Morgan fingerprint density at radius 3 is 2.54 bits per heavy atom. The Bertz CT molecular complexity index is 1120. The molecule has 0 bridgehead atoms. The Morgan fingerprint density at radius 1 is 1.12 bits per heavy atom. The Hall–Kier alpha value is -3.62. The van der Waals surface area contributed by atoms with Crippen LogP contribution in [-0.2, 0) is 4.74 Å². The van der Waals surface area contributed by atoms with Gasteiger partial charge >= 0.3 is 11.7 Å². The number of aromatic nitrogens is 4. The van der Waals surface area contributed by atoms with Gasteiger partial charge in [-0.05, 0) is 24.6 Å². The highest BCUT2D eigenvalue weighted by molar-refractivity contribution is 5.89. The molecule has 1 unspecified atom stereocenters. The van der Waals surface area contributed by atoms with E-state index in [-0.39, 0.29) is 0 Å². The van der Waals surface area contributed by atoms with Crippen molar-refractivity contribution in [1.29, 1.82) is 0 Å². The number of nitrogens with zero attached hydrogens (tertiary/aromatic N) is 1. The molecule has 9 nitrogen and oxygen atoms in total. The zero-order chi connectivity index (χ0) is 18.4. The molecule has 0 saturated carbocycles. The summed E-state index contributed by atoms with van der Waals surface area (Å²) >= 11 is 0. The molecule has 3 heterocycles. The third-order valence-electron chi connectivity index (χ3n) is 4.46. The van der Waals surface area contributed by atoms with Gasteiger partial charge in [-0.3, -0.25) is 19.9 Å². The van der Waals surface area contributed by atoms with E-state index in [2.05, 4.69) is 25.5 Å². The summed E-state index contributed by atoms with van der Waals surface area (Å²) in [5, 5.41) is 10.1. The van der Waals surface area contributed by atoms with E-state index in [4.69, 9.17) is 4.74 Å². The van der Waals surface area contributed by atoms with Crippen molar-refractivity contribution in [2.45, 2.75) is 12.8 Å². The number of hydrogen-bond acceptors (Lipinski definition) is 6. The fourth-order valence-corrected chi connectivity index (χ4v) is 3.28. The van der Waals surface area contributed by atoms with Crippen LogP contribution in [0, 0.1) is 6.92 Å². The summed E-state index contributed by atoms with van der Waals surface area (Å²) in [6, 6.07) is 6.79. The van der Waals surface area contributed by atoms with E-state index >= 15 is 0 Å². The van der Waals surface area contributed by atoms with Gasteiger partial charge in [-0.25, -0.2) is 9.59 Å². The summed E-state index contributed by atoms with van der Waals surface area (Å²) in [7, 11) is 1.32. The zero-order valence-electron chi connectivity index (χ0n) is 14.0. The molecule has 4 N–H and O–H groups in total. The second-order valence-corrected chi connectivity index (χ2v) is 5.98. The maximum absolute atomic E-state index is 12.5. The summed E-state index contributed by atoms with van der Waals surface area (Å²) in [5.74, 6) is -0.0463. The summed E-state index contributed by atoms with van der Waals surface area (Å²) in [6.07, 6.45) is 0. The first-order valence-electron chi connectivity index (χ1n) is 7.86. The minimum Gasteiger partial charge on any atom is -0.465 e. The maximum atomic E-state index is 12.5. The van der Waals surface area contributed by atoms with Crippen LogP contribution >= 0.6 is 0 Å². The van der Waals surface area contributed by atoms with Crippen molar-refractivity contribution >= 4 is 17.6 Å². The normalized spacial score (nSPS) is 14.9. The fraction of sp³-hybridized carbons (Fsp3) is 0.176. The maximum Gasteiger partial charge on any atom is 0.337 e. The van der Waals surface area contributed by atoms with Gasteiger partial charge in [-0.15, -0.1) is 0 Å². The number of anilines is 2. The van der Waals surface area contributed by atoms with Gasteiger partial charge in [0.05, 0.1) is 18.2 Å². The largest absolute Gasteiger partial charge is 0.465 e. The van der Waals surface area contributed by atoms with E-state index in [0.717, 1.165) is 16.8 Å². The topological polar surface area (TPSA) is 133 Å². The smallest absolute Gasteiger partial charge is 0.337 e. The number of rotatable bonds is 2. The molecule has 0 saturated heterocycles. The lowest BCUT2D eigenvalue weighted by Gasteiger charge is -2.25. The lowest BCUT2D eigenvalue weighted by Crippen LogP contribution is -2.31. The highest BCUT2D eigenvalue weighted by atomic mass is 16.5. The number of ether oxygens (including phenoxy) is 1. The van der Waals surface area contributed by atoms with E-state index in [9.17, 15) is 14.4 Å². The highest BCUT2D eigenvalue weighted by Gasteiger charge is 2.33. The van der Waals surface area contributed by atoms with Crippen LogP contribution in [0.2, 0.25) is 0 Å². The first kappa shape index (κ1) is 15.9. The predicted molar refractivity (Wildman–Crippen MR) is 93.0 cm³/mol. The Morgan fingerprint density at radius 2 is 1.85 bits per heavy atom. The number of carbonyl (C=O) groups is 1. The van der Waals surface area contributed by atoms with Gasteiger partial charge in [0.1, 0.15) is 5.82 Å². The van der Waals surface area contributed by atoms with E-state index in [1.807, 2.05) is 6.92 Å². The number of esters is 1. The van der Waals surface area contributed by atoms with Crippen molar-refractivity contribution < 1.29 is 9.53 Å². The van der Waals surface area contributed by atoms with Crippen molar-refractivity contribution in [3.63, 3.8) is 0 Å². The van der Waals surface area contributed by atoms with Gasteiger partial charge in [0.2, 0.25) is 0 Å². The number of nitrogens with one attached hydrogen (secondary N) is 4. The van der Waals surface area contributed by atoms with Crippen molar-refractivity contribution in [2.24, 2.45) is 0 Å². The number of aromatic amines is 3. The number of methoxy groups -OCH3 is 1. The summed E-state index contributed by atoms with van der Waals surface area (Å²) in [4.78, 5) is 40.7. The molecule has 1 aliphatic rings. The van der Waals surface area contributed by atoms with Gasteiger partial charge < -0.3 is 10.1 Å². The van der Waals surface area contributed by atoms with Crippen molar-refractivity contribution in [1.82, 2.24) is 20.2 Å². The van der Waals surface area contributed by atoms with Gasteiger partial charge in [-0.1, -0.05) is 12.1 Å². The third kappa shape index (κ3) is 2.32. The number of hydrogen-bond donors (Lipinski definition) is 4. The second kappa shape index (κ2) is 5.73. The first-order chi connectivity index (χ1) is 12.5. The van der Waals surface area contributed by atoms with Crippen molar-refractivity contribution in [2.75, 3.05) is 12.4 Å². The molecular formula is C17H15N5O4. The van der Waals surface area contributed by atoms with Crippen LogP contribution in [-0.4, -0.2) is 33.2 Å². The van der Waals surface area contributed by atoms with Gasteiger partial charge in [0, 0.05) is 17.2 Å². The number of H-pyrrole nitrogens is 3. The Balaban J connectivity index is 1.93. The number of fused-ring (bicyclic) bond motifs is 2.